The quantitative estimate of drug-likeness (QED) is 0.200. The summed E-state index contributed by atoms with van der Waals surface area (Å²) in [6, 6.07) is 45.3. The summed E-state index contributed by atoms with van der Waals surface area (Å²) in [6.07, 6.45) is 1.83. The van der Waals surface area contributed by atoms with Gasteiger partial charge in [0.1, 0.15) is 0 Å². The van der Waals surface area contributed by atoms with Crippen molar-refractivity contribution in [1.82, 2.24) is 19.9 Å². The average Bonchev–Trinajstić information content (AvgIpc) is 3.05. The van der Waals surface area contributed by atoms with Crippen molar-refractivity contribution in [1.29, 1.82) is 0 Å². The number of aromatic nitrogens is 4. The van der Waals surface area contributed by atoms with Gasteiger partial charge in [-0.15, -0.1) is 0 Å². The van der Waals surface area contributed by atoms with Crippen LogP contribution < -0.4 is 0 Å². The molecule has 194 valence electrons. The zero-order valence-electron chi connectivity index (χ0n) is 21.9. The first-order chi connectivity index (χ1) is 20.2. The van der Waals surface area contributed by atoms with Gasteiger partial charge in [-0.2, -0.15) is 0 Å². The lowest BCUT2D eigenvalue weighted by Gasteiger charge is -2.11. The summed E-state index contributed by atoms with van der Waals surface area (Å²) in [5.41, 5.74) is 8.12. The normalized spacial score (nSPS) is 11.0. The number of rotatable bonds is 5. The maximum atomic E-state index is 4.98. The Morgan fingerprint density at radius 1 is 0.415 bits per heavy atom. The van der Waals surface area contributed by atoms with E-state index in [1.165, 1.54) is 5.56 Å². The van der Waals surface area contributed by atoms with Gasteiger partial charge in [0.2, 0.25) is 0 Å². The van der Waals surface area contributed by atoms with Gasteiger partial charge in [0, 0.05) is 38.3 Å². The van der Waals surface area contributed by atoms with Crippen LogP contribution in [-0.4, -0.2) is 19.9 Å². The average molecular weight is 592 g/mol. The summed E-state index contributed by atoms with van der Waals surface area (Å²) in [6.45, 7) is 0. The Kier molecular flexibility index (Phi) is 6.63. The van der Waals surface area contributed by atoms with Crippen LogP contribution in [0, 0.1) is 0 Å². The molecule has 0 amide bonds. The molecule has 0 unspecified atom stereocenters. The minimum atomic E-state index is 0.608. The van der Waals surface area contributed by atoms with Crippen LogP contribution in [0.15, 0.2) is 144 Å². The summed E-state index contributed by atoms with van der Waals surface area (Å²) in [5.74, 6) is 1.87. The van der Waals surface area contributed by atoms with Gasteiger partial charge in [0.25, 0.3) is 0 Å². The molecular weight excluding hydrogens is 568 g/mol. The first-order valence-electron chi connectivity index (χ1n) is 13.3. The topological polar surface area (TPSA) is 51.6 Å². The molecule has 2 aromatic heterocycles. The molecule has 7 rings (SSSR count). The van der Waals surface area contributed by atoms with Crippen molar-refractivity contribution in [3.63, 3.8) is 0 Å². The summed E-state index contributed by atoms with van der Waals surface area (Å²) in [4.78, 5) is 19.5. The molecule has 0 saturated carbocycles. The fourth-order valence-corrected chi connectivity index (χ4v) is 5.50. The smallest absolute Gasteiger partial charge is 0.164 e. The molecule has 4 nitrogen and oxygen atoms in total. The molecule has 0 N–H and O–H groups in total. The van der Waals surface area contributed by atoms with Crippen LogP contribution in [0.4, 0.5) is 0 Å². The molecular formula is C36H23BrN4. The molecule has 5 heteroatoms. The fraction of sp³-hybridized carbons (Fsp3) is 0. The van der Waals surface area contributed by atoms with Crippen LogP contribution in [0.2, 0.25) is 0 Å². The van der Waals surface area contributed by atoms with E-state index in [-0.39, 0.29) is 0 Å². The van der Waals surface area contributed by atoms with Crippen molar-refractivity contribution in [2.75, 3.05) is 0 Å². The lowest BCUT2D eigenvalue weighted by molar-refractivity contribution is 1.07. The van der Waals surface area contributed by atoms with Crippen LogP contribution in [0.25, 0.3) is 67.3 Å². The summed E-state index contributed by atoms with van der Waals surface area (Å²) in [5, 5.41) is 1.10. The van der Waals surface area contributed by atoms with Crippen molar-refractivity contribution in [2.45, 2.75) is 0 Å². The Bertz CT molecular complexity index is 1980. The van der Waals surface area contributed by atoms with E-state index in [0.29, 0.717) is 17.5 Å². The van der Waals surface area contributed by atoms with E-state index in [9.17, 15) is 0 Å². The number of halogens is 1. The minimum absolute atomic E-state index is 0.608. The van der Waals surface area contributed by atoms with Crippen molar-refractivity contribution in [2.24, 2.45) is 0 Å². The number of pyridine rings is 1. The largest absolute Gasteiger partial charge is 0.256 e. The van der Waals surface area contributed by atoms with Gasteiger partial charge in [0.05, 0.1) is 5.52 Å². The van der Waals surface area contributed by atoms with Crippen molar-refractivity contribution in [3.05, 3.63) is 144 Å². The van der Waals surface area contributed by atoms with Crippen LogP contribution in [0.3, 0.4) is 0 Å². The van der Waals surface area contributed by atoms with Gasteiger partial charge in [-0.3, -0.25) is 4.98 Å². The summed E-state index contributed by atoms with van der Waals surface area (Å²) in [7, 11) is 0. The maximum absolute atomic E-state index is 4.98. The molecule has 0 aliphatic heterocycles. The first kappa shape index (κ1) is 25.0. The third-order valence-electron chi connectivity index (χ3n) is 7.02. The lowest BCUT2D eigenvalue weighted by atomic mass is 10.00. The second-order valence-corrected chi connectivity index (χ2v) is 10.6. The molecule has 0 fully saturated rings. The number of fused-ring (bicyclic) bond motifs is 1. The predicted octanol–water partition coefficient (Wildman–Crippen LogP) is 9.52. The van der Waals surface area contributed by atoms with Crippen LogP contribution in [0.5, 0.6) is 0 Å². The van der Waals surface area contributed by atoms with E-state index >= 15 is 0 Å². The Hall–Kier alpha value is -5.00. The molecule has 0 aliphatic carbocycles. The third kappa shape index (κ3) is 5.15. The molecule has 0 bridgehead atoms. The standard InChI is InChI=1S/C36H23BrN4/c37-31-22-29(32-15-7-13-26-14-8-20-38-33(26)32)21-30(23-31)36-40-34(27-11-5-2-6-12-27)39-35(41-36)28-18-16-25(17-19-28)24-9-3-1-4-10-24/h1-23H. The van der Waals surface area contributed by atoms with E-state index in [1.807, 2.05) is 60.8 Å². The maximum Gasteiger partial charge on any atom is 0.164 e. The summed E-state index contributed by atoms with van der Waals surface area (Å²) < 4.78 is 0.938. The summed E-state index contributed by atoms with van der Waals surface area (Å²) >= 11 is 3.74. The Morgan fingerprint density at radius 3 is 1.66 bits per heavy atom. The van der Waals surface area contributed by atoms with Crippen LogP contribution in [0.1, 0.15) is 0 Å². The second kappa shape index (κ2) is 10.9. The number of benzene rings is 5. The zero-order valence-corrected chi connectivity index (χ0v) is 23.5. The van der Waals surface area contributed by atoms with E-state index in [0.717, 1.165) is 48.8 Å². The number of nitrogens with zero attached hydrogens (tertiary/aromatic N) is 4. The van der Waals surface area contributed by atoms with E-state index < -0.39 is 0 Å². The van der Waals surface area contributed by atoms with Gasteiger partial charge in [-0.1, -0.05) is 125 Å². The van der Waals surface area contributed by atoms with Gasteiger partial charge >= 0.3 is 0 Å². The molecule has 0 saturated heterocycles. The van der Waals surface area contributed by atoms with E-state index in [1.54, 1.807) is 0 Å². The zero-order chi connectivity index (χ0) is 27.6. The molecule has 0 radical (unpaired) electrons. The van der Waals surface area contributed by atoms with Gasteiger partial charge in [-0.25, -0.2) is 15.0 Å². The number of hydrogen-bond acceptors (Lipinski definition) is 4. The van der Waals surface area contributed by atoms with Gasteiger partial charge in [-0.05, 0) is 41.0 Å². The van der Waals surface area contributed by atoms with Crippen molar-refractivity contribution in [3.8, 4) is 56.4 Å². The lowest BCUT2D eigenvalue weighted by Crippen LogP contribution is -2.00. The molecule has 0 atom stereocenters. The van der Waals surface area contributed by atoms with Crippen LogP contribution >= 0.6 is 15.9 Å². The van der Waals surface area contributed by atoms with E-state index in [4.69, 9.17) is 15.0 Å². The third-order valence-corrected chi connectivity index (χ3v) is 7.48. The van der Waals surface area contributed by atoms with Crippen molar-refractivity contribution >= 4 is 26.8 Å². The highest BCUT2D eigenvalue weighted by molar-refractivity contribution is 9.10. The van der Waals surface area contributed by atoms with Crippen LogP contribution in [-0.2, 0) is 0 Å². The first-order valence-corrected chi connectivity index (χ1v) is 14.1. The fourth-order valence-electron chi connectivity index (χ4n) is 5.00. The molecule has 0 spiro atoms. The van der Waals surface area contributed by atoms with E-state index in [2.05, 4.69) is 99.8 Å². The molecule has 41 heavy (non-hydrogen) atoms. The molecule has 0 aliphatic rings. The minimum Gasteiger partial charge on any atom is -0.256 e. The number of hydrogen-bond donors (Lipinski definition) is 0. The predicted molar refractivity (Wildman–Crippen MR) is 170 cm³/mol. The SMILES string of the molecule is Brc1cc(-c2nc(-c3ccccc3)nc(-c3ccc(-c4ccccc4)cc3)n2)cc(-c2cccc3cccnc23)c1. The highest BCUT2D eigenvalue weighted by Gasteiger charge is 2.15. The Labute approximate surface area is 246 Å². The second-order valence-electron chi connectivity index (χ2n) is 9.72. The van der Waals surface area contributed by atoms with Gasteiger partial charge in [0.15, 0.2) is 17.5 Å². The highest BCUT2D eigenvalue weighted by atomic mass is 79.9. The molecule has 5 aromatic carbocycles. The molecule has 7 aromatic rings. The monoisotopic (exact) mass is 590 g/mol. The number of para-hydroxylation sites is 1. The molecule has 2 heterocycles. The highest BCUT2D eigenvalue weighted by Crippen LogP contribution is 2.34. The van der Waals surface area contributed by atoms with Crippen molar-refractivity contribution < 1.29 is 0 Å². The van der Waals surface area contributed by atoms with Gasteiger partial charge < -0.3 is 0 Å². The Balaban J connectivity index is 1.37. The Morgan fingerprint density at radius 2 is 0.951 bits per heavy atom.